The van der Waals surface area contributed by atoms with Crippen molar-refractivity contribution in [2.24, 2.45) is 5.73 Å². The molecule has 0 aliphatic rings. The van der Waals surface area contributed by atoms with Crippen LogP contribution in [0.1, 0.15) is 43.4 Å². The molecule has 0 aliphatic carbocycles. The van der Waals surface area contributed by atoms with E-state index in [0.29, 0.717) is 13.0 Å². The van der Waals surface area contributed by atoms with Gasteiger partial charge in [-0.05, 0) is 48.1 Å². The zero-order chi connectivity index (χ0) is 19.5. The first kappa shape index (κ1) is 21.4. The van der Waals surface area contributed by atoms with Crippen LogP contribution in [0.3, 0.4) is 0 Å². The van der Waals surface area contributed by atoms with E-state index in [4.69, 9.17) is 10.5 Å². The summed E-state index contributed by atoms with van der Waals surface area (Å²) in [7, 11) is 0. The molecule has 148 valence electrons. The average molecular weight is 371 g/mol. The van der Waals surface area contributed by atoms with Crippen molar-refractivity contribution in [3.63, 3.8) is 0 Å². The first-order valence-electron chi connectivity index (χ1n) is 10.1. The summed E-state index contributed by atoms with van der Waals surface area (Å²) in [6.45, 7) is 6.27. The van der Waals surface area contributed by atoms with Crippen molar-refractivity contribution in [1.29, 1.82) is 0 Å². The van der Waals surface area contributed by atoms with E-state index < -0.39 is 6.10 Å². The molecule has 0 bridgehead atoms. The van der Waals surface area contributed by atoms with Crippen LogP contribution in [0.25, 0.3) is 0 Å². The molecule has 2 unspecified atom stereocenters. The number of nitrogens with one attached hydrogen (secondary N) is 1. The maximum absolute atomic E-state index is 10.3. The molecule has 0 spiro atoms. The molecule has 0 radical (unpaired) electrons. The first-order valence-corrected chi connectivity index (χ1v) is 10.1. The minimum atomic E-state index is -0.583. The topological polar surface area (TPSA) is 67.5 Å². The maximum Gasteiger partial charge on any atom is 0.119 e. The summed E-state index contributed by atoms with van der Waals surface area (Å²) in [5.41, 5.74) is 9.86. The molecule has 4 heteroatoms. The minimum absolute atomic E-state index is 0.300. The van der Waals surface area contributed by atoms with Gasteiger partial charge in [0.1, 0.15) is 5.75 Å². The third-order valence-electron chi connectivity index (χ3n) is 4.74. The highest BCUT2D eigenvalue weighted by molar-refractivity contribution is 5.28. The van der Waals surface area contributed by atoms with Gasteiger partial charge in [0, 0.05) is 19.1 Å². The van der Waals surface area contributed by atoms with Gasteiger partial charge in [-0.3, -0.25) is 0 Å². The van der Waals surface area contributed by atoms with E-state index in [9.17, 15) is 5.11 Å². The van der Waals surface area contributed by atoms with Gasteiger partial charge in [-0.1, -0.05) is 56.7 Å². The molecule has 2 rings (SSSR count). The van der Waals surface area contributed by atoms with Gasteiger partial charge in [0.05, 0.1) is 12.7 Å². The fourth-order valence-corrected chi connectivity index (χ4v) is 2.94. The van der Waals surface area contributed by atoms with Gasteiger partial charge in [-0.25, -0.2) is 0 Å². The van der Waals surface area contributed by atoms with Crippen molar-refractivity contribution in [2.45, 2.75) is 58.2 Å². The van der Waals surface area contributed by atoms with E-state index in [0.717, 1.165) is 43.7 Å². The molecule has 27 heavy (non-hydrogen) atoms. The summed E-state index contributed by atoms with van der Waals surface area (Å²) < 4.78 is 5.67. The number of hydrogen-bond donors (Lipinski definition) is 3. The van der Waals surface area contributed by atoms with Crippen LogP contribution in [-0.4, -0.2) is 30.4 Å². The molecule has 0 aliphatic heterocycles. The number of ether oxygens (including phenoxy) is 1. The lowest BCUT2D eigenvalue weighted by atomic mass is 10.0. The predicted molar refractivity (Wildman–Crippen MR) is 112 cm³/mol. The quantitative estimate of drug-likeness (QED) is 0.501. The Labute approximate surface area is 163 Å². The fourth-order valence-electron chi connectivity index (χ4n) is 2.94. The van der Waals surface area contributed by atoms with Crippen LogP contribution in [0.15, 0.2) is 48.5 Å². The van der Waals surface area contributed by atoms with Crippen LogP contribution < -0.4 is 15.8 Å². The lowest BCUT2D eigenvalue weighted by molar-refractivity contribution is 0.141. The van der Waals surface area contributed by atoms with Crippen molar-refractivity contribution in [3.05, 3.63) is 65.2 Å². The highest BCUT2D eigenvalue weighted by atomic mass is 16.5. The molecule has 0 amide bonds. The maximum atomic E-state index is 10.3. The third-order valence-corrected chi connectivity index (χ3v) is 4.74. The Hall–Kier alpha value is -1.88. The summed E-state index contributed by atoms with van der Waals surface area (Å²) in [6.07, 6.45) is 3.28. The van der Waals surface area contributed by atoms with E-state index >= 15 is 0 Å². The highest BCUT2D eigenvalue weighted by Crippen LogP contribution is 2.14. The Morgan fingerprint density at radius 2 is 1.78 bits per heavy atom. The Balaban J connectivity index is 1.73. The molecule has 2 aromatic rings. The molecule has 4 nitrogen and oxygen atoms in total. The molecule has 4 N–H and O–H groups in total. The molecule has 0 saturated carbocycles. The number of hydrogen-bond acceptors (Lipinski definition) is 4. The zero-order valence-electron chi connectivity index (χ0n) is 16.7. The summed E-state index contributed by atoms with van der Waals surface area (Å²) in [6, 6.07) is 16.2. The zero-order valence-corrected chi connectivity index (χ0v) is 16.7. The van der Waals surface area contributed by atoms with E-state index in [-0.39, 0.29) is 6.04 Å². The Morgan fingerprint density at radius 3 is 2.48 bits per heavy atom. The fraction of sp³-hybridized carbons (Fsp3) is 0.478. The largest absolute Gasteiger partial charge is 0.494 e. The number of nitrogens with two attached hydrogens (primary N) is 1. The van der Waals surface area contributed by atoms with Crippen LogP contribution in [0.4, 0.5) is 0 Å². The molecular weight excluding hydrogens is 336 g/mol. The Bertz CT molecular complexity index is 658. The van der Waals surface area contributed by atoms with Crippen molar-refractivity contribution < 1.29 is 9.84 Å². The summed E-state index contributed by atoms with van der Waals surface area (Å²) >= 11 is 0. The van der Waals surface area contributed by atoms with Crippen molar-refractivity contribution in [1.82, 2.24) is 5.32 Å². The van der Waals surface area contributed by atoms with E-state index in [2.05, 4.69) is 43.4 Å². The second-order valence-electron chi connectivity index (χ2n) is 7.09. The molecule has 0 fully saturated rings. The number of aliphatic hydroxyl groups excluding tert-OH is 1. The smallest absolute Gasteiger partial charge is 0.119 e. The van der Waals surface area contributed by atoms with Crippen molar-refractivity contribution in [3.8, 4) is 5.75 Å². The van der Waals surface area contributed by atoms with Gasteiger partial charge < -0.3 is 20.9 Å². The van der Waals surface area contributed by atoms with E-state index in [1.54, 1.807) is 0 Å². The number of aryl methyl sites for hydroxylation is 1. The molecule has 2 atom stereocenters. The van der Waals surface area contributed by atoms with Crippen LogP contribution in [0.2, 0.25) is 0 Å². The predicted octanol–water partition coefficient (Wildman–Crippen LogP) is 3.45. The minimum Gasteiger partial charge on any atom is -0.494 e. The second kappa shape index (κ2) is 11.8. The van der Waals surface area contributed by atoms with E-state index in [1.807, 2.05) is 24.3 Å². The number of rotatable bonds is 12. The van der Waals surface area contributed by atoms with Crippen LogP contribution in [-0.2, 0) is 19.4 Å². The highest BCUT2D eigenvalue weighted by Gasteiger charge is 2.15. The second-order valence-corrected chi connectivity index (χ2v) is 7.09. The van der Waals surface area contributed by atoms with Crippen molar-refractivity contribution >= 4 is 0 Å². The van der Waals surface area contributed by atoms with Crippen LogP contribution in [0.5, 0.6) is 5.75 Å². The van der Waals surface area contributed by atoms with Gasteiger partial charge in [0.2, 0.25) is 0 Å². The number of aliphatic hydroxyl groups is 1. The van der Waals surface area contributed by atoms with Crippen LogP contribution in [0, 0.1) is 0 Å². The van der Waals surface area contributed by atoms with Gasteiger partial charge in [-0.15, -0.1) is 0 Å². The summed E-state index contributed by atoms with van der Waals surface area (Å²) in [4.78, 5) is 0. The molecular formula is C23H34N2O2. The Kier molecular flexibility index (Phi) is 9.32. The molecule has 0 aromatic heterocycles. The normalized spacial score (nSPS) is 13.3. The standard InChI is InChI=1S/C23H34N2O2/c1-3-5-13-27-21-11-9-19(10-12-21)15-22(24)23(26)17-25-16-20-8-6-7-18(4-2)14-20/h6-12,14,22-23,25-26H,3-5,13,15-17,24H2,1-2H3. The van der Waals surface area contributed by atoms with Gasteiger partial charge in [0.15, 0.2) is 0 Å². The van der Waals surface area contributed by atoms with E-state index in [1.165, 1.54) is 11.1 Å². The lowest BCUT2D eigenvalue weighted by Crippen LogP contribution is -2.43. The van der Waals surface area contributed by atoms with Gasteiger partial charge in [-0.2, -0.15) is 0 Å². The number of unbranched alkanes of at least 4 members (excludes halogenated alkanes) is 1. The summed E-state index contributed by atoms with van der Waals surface area (Å²) in [5, 5.41) is 13.7. The SMILES string of the molecule is CCCCOc1ccc(CC(N)C(O)CNCc2cccc(CC)c2)cc1. The number of benzene rings is 2. The lowest BCUT2D eigenvalue weighted by Gasteiger charge is -2.20. The molecule has 0 saturated heterocycles. The monoisotopic (exact) mass is 370 g/mol. The Morgan fingerprint density at radius 1 is 1.04 bits per heavy atom. The summed E-state index contributed by atoms with van der Waals surface area (Å²) in [5.74, 6) is 0.886. The van der Waals surface area contributed by atoms with Gasteiger partial charge in [0.25, 0.3) is 0 Å². The van der Waals surface area contributed by atoms with Gasteiger partial charge >= 0.3 is 0 Å². The third kappa shape index (κ3) is 7.71. The van der Waals surface area contributed by atoms with Crippen molar-refractivity contribution in [2.75, 3.05) is 13.2 Å². The average Bonchev–Trinajstić information content (AvgIpc) is 2.69. The molecule has 0 heterocycles. The van der Waals surface area contributed by atoms with Crippen LogP contribution >= 0.6 is 0 Å². The first-order chi connectivity index (χ1) is 13.1. The molecule has 2 aromatic carbocycles.